The molecule has 1 unspecified atom stereocenters. The van der Waals surface area contributed by atoms with E-state index >= 15 is 0 Å². The predicted molar refractivity (Wildman–Crippen MR) is 57.4 cm³/mol. The number of nitrogens with one attached hydrogen (secondary N) is 1. The number of rotatable bonds is 4. The zero-order valence-electron chi connectivity index (χ0n) is 9.76. The Morgan fingerprint density at radius 1 is 1.39 bits per heavy atom. The zero-order chi connectivity index (χ0) is 13.9. The van der Waals surface area contributed by atoms with Crippen molar-refractivity contribution in [3.05, 3.63) is 29.6 Å². The molecule has 0 aromatic heterocycles. The lowest BCUT2D eigenvalue weighted by atomic mass is 10.1. The molecule has 0 fully saturated rings. The second kappa shape index (κ2) is 5.26. The van der Waals surface area contributed by atoms with Crippen molar-refractivity contribution in [2.45, 2.75) is 12.5 Å². The maximum atomic E-state index is 13.2. The van der Waals surface area contributed by atoms with Crippen LogP contribution < -0.4 is 5.32 Å². The van der Waals surface area contributed by atoms with Crippen molar-refractivity contribution in [1.29, 1.82) is 0 Å². The lowest BCUT2D eigenvalue weighted by molar-refractivity contribution is -0.158. The lowest BCUT2D eigenvalue weighted by Gasteiger charge is -2.21. The molecule has 0 radical (unpaired) electrons. The van der Waals surface area contributed by atoms with Gasteiger partial charge < -0.3 is 15.2 Å². The van der Waals surface area contributed by atoms with Gasteiger partial charge in [0.15, 0.2) is 17.2 Å². The van der Waals surface area contributed by atoms with Crippen LogP contribution in [0.15, 0.2) is 12.1 Å². The van der Waals surface area contributed by atoms with E-state index in [4.69, 9.17) is 0 Å². The number of halogens is 3. The van der Waals surface area contributed by atoms with E-state index in [9.17, 15) is 23.1 Å². The second-order valence-electron chi connectivity index (χ2n) is 3.86. The minimum Gasteiger partial charge on any atom is -0.467 e. The van der Waals surface area contributed by atoms with Crippen LogP contribution in [0.5, 0.6) is 0 Å². The van der Waals surface area contributed by atoms with E-state index in [-0.39, 0.29) is 0 Å². The molecule has 0 saturated carbocycles. The Morgan fingerprint density at radius 3 is 2.33 bits per heavy atom. The number of esters is 1. The first-order chi connectivity index (χ1) is 8.27. The summed E-state index contributed by atoms with van der Waals surface area (Å²) in [6.07, 6.45) is 0. The quantitative estimate of drug-likeness (QED) is 0.807. The molecule has 0 spiro atoms. The van der Waals surface area contributed by atoms with Crippen LogP contribution in [0.3, 0.4) is 0 Å². The van der Waals surface area contributed by atoms with E-state index in [1.807, 2.05) is 0 Å². The van der Waals surface area contributed by atoms with E-state index < -0.39 is 41.3 Å². The molecule has 18 heavy (non-hydrogen) atoms. The van der Waals surface area contributed by atoms with Gasteiger partial charge in [-0.15, -0.1) is 0 Å². The van der Waals surface area contributed by atoms with Crippen LogP contribution in [-0.2, 0) is 9.53 Å². The SMILES string of the molecule is COC(=O)C(C)(O)CNc1c(F)cc(F)cc1F. The van der Waals surface area contributed by atoms with E-state index in [1.165, 1.54) is 0 Å². The van der Waals surface area contributed by atoms with E-state index in [0.29, 0.717) is 12.1 Å². The topological polar surface area (TPSA) is 58.6 Å². The van der Waals surface area contributed by atoms with Crippen molar-refractivity contribution >= 4 is 11.7 Å². The molecule has 2 N–H and O–H groups in total. The summed E-state index contributed by atoms with van der Waals surface area (Å²) in [6.45, 7) is 0.629. The molecular weight excluding hydrogens is 251 g/mol. The minimum absolute atomic E-state index is 0.484. The molecule has 1 rings (SSSR count). The lowest BCUT2D eigenvalue weighted by Crippen LogP contribution is -2.43. The van der Waals surface area contributed by atoms with Gasteiger partial charge in [-0.1, -0.05) is 0 Å². The summed E-state index contributed by atoms with van der Waals surface area (Å²) >= 11 is 0. The summed E-state index contributed by atoms with van der Waals surface area (Å²) in [4.78, 5) is 11.1. The van der Waals surface area contributed by atoms with Crippen LogP contribution in [-0.4, -0.2) is 30.3 Å². The Hall–Kier alpha value is -1.76. The number of aliphatic hydroxyl groups is 1. The van der Waals surface area contributed by atoms with Crippen LogP contribution in [0.4, 0.5) is 18.9 Å². The number of carbonyl (C=O) groups is 1. The highest BCUT2D eigenvalue weighted by molar-refractivity contribution is 5.79. The van der Waals surface area contributed by atoms with Crippen LogP contribution in [0.1, 0.15) is 6.92 Å². The largest absolute Gasteiger partial charge is 0.467 e. The highest BCUT2D eigenvalue weighted by atomic mass is 19.1. The molecule has 100 valence electrons. The highest BCUT2D eigenvalue weighted by Gasteiger charge is 2.31. The Bertz CT molecular complexity index is 440. The van der Waals surface area contributed by atoms with Gasteiger partial charge in [0.05, 0.1) is 13.7 Å². The molecule has 0 saturated heterocycles. The number of carbonyl (C=O) groups excluding carboxylic acids is 1. The highest BCUT2D eigenvalue weighted by Crippen LogP contribution is 2.21. The summed E-state index contributed by atoms with van der Waals surface area (Å²) in [6, 6.07) is 0.969. The van der Waals surface area contributed by atoms with E-state index in [1.54, 1.807) is 0 Å². The fraction of sp³-hybridized carbons (Fsp3) is 0.364. The Labute approximate surface area is 101 Å². The molecule has 0 amide bonds. The van der Waals surface area contributed by atoms with Gasteiger partial charge in [-0.05, 0) is 6.92 Å². The summed E-state index contributed by atoms with van der Waals surface area (Å²) in [5.41, 5.74) is -2.58. The van der Waals surface area contributed by atoms with Gasteiger partial charge in [-0.3, -0.25) is 0 Å². The summed E-state index contributed by atoms with van der Waals surface area (Å²) < 4.78 is 43.4. The number of hydrogen-bond donors (Lipinski definition) is 2. The first-order valence-corrected chi connectivity index (χ1v) is 4.97. The number of methoxy groups -OCH3 is 1. The average molecular weight is 263 g/mol. The third-order valence-corrected chi connectivity index (χ3v) is 2.24. The van der Waals surface area contributed by atoms with Crippen molar-refractivity contribution in [2.75, 3.05) is 19.0 Å². The van der Waals surface area contributed by atoms with Gasteiger partial charge in [0.25, 0.3) is 0 Å². The predicted octanol–water partition coefficient (Wildman–Crippen LogP) is 1.44. The van der Waals surface area contributed by atoms with Crippen molar-refractivity contribution in [1.82, 2.24) is 0 Å². The molecule has 0 aliphatic heterocycles. The molecule has 0 bridgehead atoms. The second-order valence-corrected chi connectivity index (χ2v) is 3.86. The van der Waals surface area contributed by atoms with E-state index in [0.717, 1.165) is 14.0 Å². The Balaban J connectivity index is 2.84. The molecule has 4 nitrogen and oxygen atoms in total. The zero-order valence-corrected chi connectivity index (χ0v) is 9.76. The van der Waals surface area contributed by atoms with Crippen LogP contribution in [0, 0.1) is 17.5 Å². The molecular formula is C11H12F3NO3. The molecule has 1 aromatic rings. The fourth-order valence-corrected chi connectivity index (χ4v) is 1.26. The molecule has 0 heterocycles. The smallest absolute Gasteiger partial charge is 0.339 e. The van der Waals surface area contributed by atoms with Crippen LogP contribution in [0.25, 0.3) is 0 Å². The first-order valence-electron chi connectivity index (χ1n) is 4.97. The van der Waals surface area contributed by atoms with Gasteiger partial charge in [0.1, 0.15) is 11.5 Å². The van der Waals surface area contributed by atoms with Crippen molar-refractivity contribution in [3.63, 3.8) is 0 Å². The molecule has 0 aliphatic rings. The van der Waals surface area contributed by atoms with Crippen molar-refractivity contribution < 1.29 is 27.8 Å². The van der Waals surface area contributed by atoms with Gasteiger partial charge in [-0.2, -0.15) is 0 Å². The number of benzene rings is 1. The monoisotopic (exact) mass is 263 g/mol. The Kier molecular flexibility index (Phi) is 4.18. The normalized spacial score (nSPS) is 13.9. The molecule has 0 aliphatic carbocycles. The van der Waals surface area contributed by atoms with Crippen LogP contribution in [0.2, 0.25) is 0 Å². The van der Waals surface area contributed by atoms with Gasteiger partial charge >= 0.3 is 5.97 Å². The first kappa shape index (κ1) is 14.3. The number of ether oxygens (including phenoxy) is 1. The van der Waals surface area contributed by atoms with Crippen molar-refractivity contribution in [2.24, 2.45) is 0 Å². The maximum absolute atomic E-state index is 13.2. The fourth-order valence-electron chi connectivity index (χ4n) is 1.26. The van der Waals surface area contributed by atoms with Crippen LogP contribution >= 0.6 is 0 Å². The maximum Gasteiger partial charge on any atom is 0.339 e. The van der Waals surface area contributed by atoms with Crippen molar-refractivity contribution in [3.8, 4) is 0 Å². The average Bonchev–Trinajstić information content (AvgIpc) is 2.26. The summed E-state index contributed by atoms with van der Waals surface area (Å²) in [5, 5.41) is 11.8. The number of anilines is 1. The molecule has 1 atom stereocenters. The van der Waals surface area contributed by atoms with Gasteiger partial charge in [0.2, 0.25) is 0 Å². The third-order valence-electron chi connectivity index (χ3n) is 2.24. The molecule has 1 aromatic carbocycles. The number of hydrogen-bond acceptors (Lipinski definition) is 4. The van der Waals surface area contributed by atoms with Gasteiger partial charge in [0, 0.05) is 12.1 Å². The van der Waals surface area contributed by atoms with Gasteiger partial charge in [-0.25, -0.2) is 18.0 Å². The summed E-state index contributed by atoms with van der Waals surface area (Å²) in [5.74, 6) is -4.34. The molecule has 7 heteroatoms. The standard InChI is InChI=1S/C11H12F3NO3/c1-11(17,10(16)18-2)5-15-9-7(13)3-6(12)4-8(9)14/h3-4,15,17H,5H2,1-2H3. The summed E-state index contributed by atoms with van der Waals surface area (Å²) in [7, 11) is 1.07. The third kappa shape index (κ3) is 3.13. The minimum atomic E-state index is -1.96. The van der Waals surface area contributed by atoms with E-state index in [2.05, 4.69) is 10.1 Å². The Morgan fingerprint density at radius 2 is 1.89 bits per heavy atom.